The maximum Gasteiger partial charge on any atom is 0.237 e. The van der Waals surface area contributed by atoms with Crippen LogP contribution in [0.1, 0.15) is 43.9 Å². The van der Waals surface area contributed by atoms with E-state index in [1.54, 1.807) is 6.07 Å². The summed E-state index contributed by atoms with van der Waals surface area (Å²) in [7, 11) is 1.53. The molecule has 0 aliphatic heterocycles. The molecule has 0 bridgehead atoms. The maximum atomic E-state index is 12.1. The average molecular weight is 288 g/mol. The van der Waals surface area contributed by atoms with Crippen LogP contribution in [0.15, 0.2) is 16.9 Å². The smallest absolute Gasteiger partial charge is 0.237 e. The number of hydrogen-bond acceptors (Lipinski definition) is 7. The Kier molecular flexibility index (Phi) is 3.89. The highest BCUT2D eigenvalue weighted by Gasteiger charge is 2.28. The van der Waals surface area contributed by atoms with E-state index in [4.69, 9.17) is 9.26 Å². The van der Waals surface area contributed by atoms with Crippen molar-refractivity contribution in [2.75, 3.05) is 7.11 Å². The Balaban J connectivity index is 1.86. The molecule has 0 radical (unpaired) electrons. The second-order valence-electron chi connectivity index (χ2n) is 5.02. The molecule has 1 aliphatic rings. The van der Waals surface area contributed by atoms with Gasteiger partial charge in [-0.05, 0) is 12.8 Å². The quantitative estimate of drug-likeness (QED) is 0.799. The zero-order chi connectivity index (χ0) is 14.7. The number of carbonyl (C=O) groups is 1. The van der Waals surface area contributed by atoms with E-state index in [2.05, 4.69) is 20.1 Å². The van der Waals surface area contributed by atoms with Gasteiger partial charge < -0.3 is 9.26 Å². The highest BCUT2D eigenvalue weighted by Crippen LogP contribution is 2.29. The SMILES string of the molecule is COc1cc(-c2noc(C3CCCCCC3=O)n2)ncn1. The van der Waals surface area contributed by atoms with Crippen LogP contribution < -0.4 is 4.74 Å². The van der Waals surface area contributed by atoms with Gasteiger partial charge in [0.25, 0.3) is 0 Å². The molecule has 0 N–H and O–H groups in total. The predicted octanol–water partition coefficient (Wildman–Crippen LogP) is 2.15. The molecular weight excluding hydrogens is 272 g/mol. The van der Waals surface area contributed by atoms with E-state index < -0.39 is 0 Å². The Morgan fingerprint density at radius 2 is 2.19 bits per heavy atom. The van der Waals surface area contributed by atoms with Crippen molar-refractivity contribution in [1.29, 1.82) is 0 Å². The third kappa shape index (κ3) is 2.91. The largest absolute Gasteiger partial charge is 0.481 e. The molecule has 1 fully saturated rings. The van der Waals surface area contributed by atoms with E-state index in [1.165, 1.54) is 13.4 Å². The summed E-state index contributed by atoms with van der Waals surface area (Å²) in [5.41, 5.74) is 0.512. The van der Waals surface area contributed by atoms with Crippen LogP contribution in [0.25, 0.3) is 11.5 Å². The lowest BCUT2D eigenvalue weighted by atomic mass is 9.99. The molecule has 21 heavy (non-hydrogen) atoms. The summed E-state index contributed by atoms with van der Waals surface area (Å²) in [6.45, 7) is 0. The van der Waals surface area contributed by atoms with Gasteiger partial charge in [-0.3, -0.25) is 4.79 Å². The molecular formula is C14H16N4O3. The second-order valence-corrected chi connectivity index (χ2v) is 5.02. The monoisotopic (exact) mass is 288 g/mol. The summed E-state index contributed by atoms with van der Waals surface area (Å²) in [6.07, 6.45) is 5.76. The molecule has 0 amide bonds. The Morgan fingerprint density at radius 3 is 3.05 bits per heavy atom. The van der Waals surface area contributed by atoms with Crippen LogP contribution in [-0.4, -0.2) is 33.0 Å². The van der Waals surface area contributed by atoms with Gasteiger partial charge in [0.2, 0.25) is 17.6 Å². The lowest BCUT2D eigenvalue weighted by molar-refractivity contribution is -0.120. The van der Waals surface area contributed by atoms with Crippen LogP contribution in [0.4, 0.5) is 0 Å². The number of rotatable bonds is 3. The summed E-state index contributed by atoms with van der Waals surface area (Å²) >= 11 is 0. The van der Waals surface area contributed by atoms with E-state index in [-0.39, 0.29) is 11.7 Å². The first kappa shape index (κ1) is 13.7. The van der Waals surface area contributed by atoms with E-state index in [9.17, 15) is 4.79 Å². The molecule has 7 heteroatoms. The molecule has 0 saturated heterocycles. The van der Waals surface area contributed by atoms with Crippen molar-refractivity contribution in [3.63, 3.8) is 0 Å². The minimum absolute atomic E-state index is 0.183. The third-order valence-electron chi connectivity index (χ3n) is 3.62. The number of carbonyl (C=O) groups excluding carboxylic acids is 1. The molecule has 2 aromatic heterocycles. The first-order chi connectivity index (χ1) is 10.3. The van der Waals surface area contributed by atoms with Crippen LogP contribution in [0.2, 0.25) is 0 Å². The van der Waals surface area contributed by atoms with Gasteiger partial charge >= 0.3 is 0 Å². The van der Waals surface area contributed by atoms with E-state index in [1.807, 2.05) is 0 Å². The fraction of sp³-hybridized carbons (Fsp3) is 0.500. The molecule has 2 heterocycles. The van der Waals surface area contributed by atoms with Gasteiger partial charge in [0.05, 0.1) is 13.0 Å². The van der Waals surface area contributed by atoms with Crippen molar-refractivity contribution >= 4 is 5.78 Å². The maximum absolute atomic E-state index is 12.1. The summed E-state index contributed by atoms with van der Waals surface area (Å²) in [6, 6.07) is 1.63. The zero-order valence-electron chi connectivity index (χ0n) is 11.8. The van der Waals surface area contributed by atoms with Gasteiger partial charge in [-0.25, -0.2) is 9.97 Å². The normalized spacial score (nSPS) is 19.3. The average Bonchev–Trinajstić information content (AvgIpc) is 2.90. The van der Waals surface area contributed by atoms with Crippen molar-refractivity contribution in [2.45, 2.75) is 38.0 Å². The molecule has 110 valence electrons. The lowest BCUT2D eigenvalue weighted by Crippen LogP contribution is -2.10. The van der Waals surface area contributed by atoms with Crippen molar-refractivity contribution in [3.8, 4) is 17.4 Å². The van der Waals surface area contributed by atoms with Gasteiger partial charge in [0, 0.05) is 12.5 Å². The number of aromatic nitrogens is 4. The summed E-state index contributed by atoms with van der Waals surface area (Å²) in [4.78, 5) is 24.4. The van der Waals surface area contributed by atoms with Crippen molar-refractivity contribution in [2.24, 2.45) is 0 Å². The molecule has 1 saturated carbocycles. The van der Waals surface area contributed by atoms with Crippen LogP contribution in [0.5, 0.6) is 5.88 Å². The fourth-order valence-electron chi connectivity index (χ4n) is 2.48. The number of nitrogens with zero attached hydrogens (tertiary/aromatic N) is 4. The minimum Gasteiger partial charge on any atom is -0.481 e. The summed E-state index contributed by atoms with van der Waals surface area (Å²) in [5.74, 6) is 1.06. The van der Waals surface area contributed by atoms with E-state index >= 15 is 0 Å². The standard InChI is InChI=1S/C14H16N4O3/c1-20-12-7-10(15-8-16-12)13-17-14(21-18-13)9-5-3-2-4-6-11(9)19/h7-9H,2-6H2,1H3. The van der Waals surface area contributed by atoms with Gasteiger partial charge in [-0.1, -0.05) is 18.0 Å². The Morgan fingerprint density at radius 1 is 1.29 bits per heavy atom. The number of hydrogen-bond donors (Lipinski definition) is 0. The summed E-state index contributed by atoms with van der Waals surface area (Å²) in [5, 5.41) is 3.92. The Labute approximate surface area is 121 Å². The van der Waals surface area contributed by atoms with Gasteiger partial charge in [0.1, 0.15) is 17.8 Å². The lowest BCUT2D eigenvalue weighted by Gasteiger charge is -2.06. The van der Waals surface area contributed by atoms with Gasteiger partial charge in [-0.15, -0.1) is 0 Å². The second kappa shape index (κ2) is 5.99. The molecule has 1 atom stereocenters. The highest BCUT2D eigenvalue weighted by atomic mass is 16.5. The van der Waals surface area contributed by atoms with Crippen LogP contribution in [0.3, 0.4) is 0 Å². The number of ether oxygens (including phenoxy) is 1. The third-order valence-corrected chi connectivity index (χ3v) is 3.62. The highest BCUT2D eigenvalue weighted by molar-refractivity contribution is 5.85. The number of methoxy groups -OCH3 is 1. The van der Waals surface area contributed by atoms with Crippen molar-refractivity contribution in [1.82, 2.24) is 20.1 Å². The molecule has 1 aliphatic carbocycles. The molecule has 1 unspecified atom stereocenters. The topological polar surface area (TPSA) is 91.0 Å². The van der Waals surface area contributed by atoms with Crippen LogP contribution in [-0.2, 0) is 4.79 Å². The number of ketones is 1. The summed E-state index contributed by atoms with van der Waals surface area (Å²) < 4.78 is 10.3. The Bertz CT molecular complexity index is 641. The molecule has 0 spiro atoms. The number of Topliss-reactive ketones (excluding diaryl/α,β-unsaturated/α-hetero) is 1. The first-order valence-corrected chi connectivity index (χ1v) is 7.00. The molecule has 7 nitrogen and oxygen atoms in total. The van der Waals surface area contributed by atoms with E-state index in [0.29, 0.717) is 29.7 Å². The zero-order valence-corrected chi connectivity index (χ0v) is 11.8. The molecule has 3 rings (SSSR count). The molecule has 0 aromatic carbocycles. The van der Waals surface area contributed by atoms with Crippen LogP contribution >= 0.6 is 0 Å². The van der Waals surface area contributed by atoms with Gasteiger partial charge in [-0.2, -0.15) is 4.98 Å². The van der Waals surface area contributed by atoms with Crippen molar-refractivity contribution in [3.05, 3.63) is 18.3 Å². The van der Waals surface area contributed by atoms with E-state index in [0.717, 1.165) is 25.7 Å². The van der Waals surface area contributed by atoms with Crippen LogP contribution in [0, 0.1) is 0 Å². The fourth-order valence-corrected chi connectivity index (χ4v) is 2.48. The van der Waals surface area contributed by atoms with Crippen molar-refractivity contribution < 1.29 is 14.1 Å². The Hall–Kier alpha value is -2.31. The van der Waals surface area contributed by atoms with Gasteiger partial charge in [0.15, 0.2) is 0 Å². The molecule has 2 aromatic rings. The predicted molar refractivity (Wildman–Crippen MR) is 72.7 cm³/mol. The minimum atomic E-state index is -0.280. The first-order valence-electron chi connectivity index (χ1n) is 7.00.